The minimum absolute atomic E-state index is 0.160. The molecule has 10 heteroatoms. The Morgan fingerprint density at radius 1 is 1.09 bits per heavy atom. The van der Waals surface area contributed by atoms with Crippen LogP contribution in [0.5, 0.6) is 5.75 Å². The van der Waals surface area contributed by atoms with E-state index in [9.17, 15) is 0 Å². The Bertz CT molecular complexity index is 1090. The zero-order valence-corrected chi connectivity index (χ0v) is 23.3. The highest BCUT2D eigenvalue weighted by Gasteiger charge is 2.24. The van der Waals surface area contributed by atoms with Gasteiger partial charge in [0.05, 0.1) is 17.6 Å². The van der Waals surface area contributed by atoms with Gasteiger partial charge < -0.3 is 19.8 Å². The van der Waals surface area contributed by atoms with Crippen LogP contribution >= 0.6 is 23.9 Å². The number of benzene rings is 1. The number of hydrogen-bond donors (Lipinski definition) is 3. The maximum absolute atomic E-state index is 6.40. The number of rotatable bonds is 16. The number of nitrogens with one attached hydrogen (secondary N) is 2. The monoisotopic (exact) mass is 520 g/mol. The van der Waals surface area contributed by atoms with Gasteiger partial charge in [0.25, 0.3) is 0 Å². The molecule has 0 unspecified atom stereocenters. The van der Waals surface area contributed by atoms with Crippen LogP contribution in [-0.2, 0) is 17.9 Å². The molecule has 3 rings (SSSR count). The molecular formula is C25H40N6O2S2. The lowest BCUT2D eigenvalue weighted by Gasteiger charge is -2.27. The fourth-order valence-electron chi connectivity index (χ4n) is 4.15. The number of nitrogen functional groups attached to an aromatic ring is 1. The Kier molecular flexibility index (Phi) is 10.8. The normalized spacial score (nSPS) is 12.1. The zero-order chi connectivity index (χ0) is 25.3. The standard InChI is InChI=1S/C25H40N6O2S2/c1-6-32-16-21-29-22-23(31(21)17-25(2,3)30-35-5)19-12-11-18(15-20(19)28-24(22)26)33-14-10-8-7-9-13-27-34-4/h11-12,15,27,30H,6-10,13-14,16-17H2,1-5H3,(H2,26,28). The number of nitrogens with zero attached hydrogens (tertiary/aromatic N) is 3. The van der Waals surface area contributed by atoms with Gasteiger partial charge in [0, 0.05) is 36.7 Å². The molecule has 0 fully saturated rings. The van der Waals surface area contributed by atoms with Crippen LogP contribution in [0.3, 0.4) is 0 Å². The van der Waals surface area contributed by atoms with E-state index >= 15 is 0 Å². The Labute approximate surface area is 217 Å². The van der Waals surface area contributed by atoms with Crippen LogP contribution in [0.4, 0.5) is 5.82 Å². The van der Waals surface area contributed by atoms with Crippen LogP contribution in [0.1, 0.15) is 52.3 Å². The van der Waals surface area contributed by atoms with Crippen molar-refractivity contribution in [3.8, 4) is 5.75 Å². The van der Waals surface area contributed by atoms with Crippen molar-refractivity contribution in [1.29, 1.82) is 0 Å². The second-order valence-electron chi connectivity index (χ2n) is 9.18. The lowest BCUT2D eigenvalue weighted by atomic mass is 10.1. The average molecular weight is 521 g/mol. The summed E-state index contributed by atoms with van der Waals surface area (Å²) in [5.41, 5.74) is 8.76. The lowest BCUT2D eigenvalue weighted by Crippen LogP contribution is -2.39. The van der Waals surface area contributed by atoms with Crippen molar-refractivity contribution < 1.29 is 9.47 Å². The predicted octanol–water partition coefficient (Wildman–Crippen LogP) is 5.16. The van der Waals surface area contributed by atoms with Gasteiger partial charge in [0.15, 0.2) is 5.82 Å². The zero-order valence-electron chi connectivity index (χ0n) is 21.6. The predicted molar refractivity (Wildman–Crippen MR) is 151 cm³/mol. The van der Waals surface area contributed by atoms with Gasteiger partial charge in [-0.3, -0.25) is 9.44 Å². The van der Waals surface area contributed by atoms with E-state index in [-0.39, 0.29) is 5.54 Å². The first-order valence-corrected chi connectivity index (χ1v) is 14.7. The molecule has 4 N–H and O–H groups in total. The molecule has 0 aliphatic carbocycles. The van der Waals surface area contributed by atoms with E-state index < -0.39 is 0 Å². The summed E-state index contributed by atoms with van der Waals surface area (Å²) in [5.74, 6) is 2.10. The SMILES string of the molecule is CCOCc1nc2c(N)nc3cc(OCCCCCCNSC)ccc3c2n1CC(C)(C)NSC. The minimum atomic E-state index is -0.160. The van der Waals surface area contributed by atoms with Crippen molar-refractivity contribution in [2.75, 3.05) is 38.0 Å². The van der Waals surface area contributed by atoms with Crippen LogP contribution in [0.15, 0.2) is 18.2 Å². The molecule has 0 atom stereocenters. The number of pyridine rings is 1. The van der Waals surface area contributed by atoms with Crippen LogP contribution in [0.25, 0.3) is 21.9 Å². The molecule has 0 amide bonds. The molecule has 35 heavy (non-hydrogen) atoms. The van der Waals surface area contributed by atoms with Crippen LogP contribution in [0, 0.1) is 0 Å². The molecule has 0 saturated heterocycles. The van der Waals surface area contributed by atoms with E-state index in [1.54, 1.807) is 23.9 Å². The number of nitrogens with two attached hydrogens (primary N) is 1. The molecule has 2 heterocycles. The third-order valence-electron chi connectivity index (χ3n) is 5.71. The molecule has 0 aliphatic rings. The lowest BCUT2D eigenvalue weighted by molar-refractivity contribution is 0.125. The third-order valence-corrected chi connectivity index (χ3v) is 6.96. The van der Waals surface area contributed by atoms with E-state index in [1.165, 1.54) is 12.8 Å². The summed E-state index contributed by atoms with van der Waals surface area (Å²) in [6.45, 7) is 9.87. The fourth-order valence-corrected chi connectivity index (χ4v) is 5.12. The van der Waals surface area contributed by atoms with Gasteiger partial charge in [-0.1, -0.05) is 36.7 Å². The summed E-state index contributed by atoms with van der Waals surface area (Å²) < 4.78 is 20.8. The molecular weight excluding hydrogens is 480 g/mol. The summed E-state index contributed by atoms with van der Waals surface area (Å²) in [4.78, 5) is 9.51. The van der Waals surface area contributed by atoms with Gasteiger partial charge in [0.1, 0.15) is 23.7 Å². The summed E-state index contributed by atoms with van der Waals surface area (Å²) in [7, 11) is 0. The second kappa shape index (κ2) is 13.5. The Morgan fingerprint density at radius 2 is 1.89 bits per heavy atom. The van der Waals surface area contributed by atoms with Crippen LogP contribution < -0.4 is 19.9 Å². The molecule has 0 saturated carbocycles. The summed E-state index contributed by atoms with van der Waals surface area (Å²) >= 11 is 3.29. The highest BCUT2D eigenvalue weighted by Crippen LogP contribution is 2.32. The molecule has 3 aromatic rings. The average Bonchev–Trinajstić information content (AvgIpc) is 3.17. The third kappa shape index (κ3) is 7.63. The number of unbranched alkanes of at least 4 members (excludes halogenated alkanes) is 3. The first-order chi connectivity index (χ1) is 16.9. The van der Waals surface area contributed by atoms with Crippen molar-refractivity contribution >= 4 is 51.7 Å². The van der Waals surface area contributed by atoms with Crippen molar-refractivity contribution in [3.05, 3.63) is 24.0 Å². The van der Waals surface area contributed by atoms with Gasteiger partial charge in [-0.25, -0.2) is 9.97 Å². The van der Waals surface area contributed by atoms with E-state index in [1.807, 2.05) is 25.3 Å². The number of imidazole rings is 1. The molecule has 0 aliphatic heterocycles. The van der Waals surface area contributed by atoms with Gasteiger partial charge in [0.2, 0.25) is 0 Å². The van der Waals surface area contributed by atoms with Crippen molar-refractivity contribution in [3.63, 3.8) is 0 Å². The maximum Gasteiger partial charge on any atom is 0.152 e. The highest BCUT2D eigenvalue weighted by atomic mass is 32.2. The van der Waals surface area contributed by atoms with Crippen LogP contribution in [0.2, 0.25) is 0 Å². The molecule has 0 bridgehead atoms. The van der Waals surface area contributed by atoms with Gasteiger partial charge >= 0.3 is 0 Å². The molecule has 8 nitrogen and oxygen atoms in total. The Morgan fingerprint density at radius 3 is 2.63 bits per heavy atom. The molecule has 0 radical (unpaired) electrons. The number of anilines is 1. The van der Waals surface area contributed by atoms with Crippen molar-refractivity contribution in [2.24, 2.45) is 0 Å². The summed E-state index contributed by atoms with van der Waals surface area (Å²) in [6.07, 6.45) is 8.70. The molecule has 0 spiro atoms. The van der Waals surface area contributed by atoms with Gasteiger partial charge in [-0.15, -0.1) is 0 Å². The highest BCUT2D eigenvalue weighted by molar-refractivity contribution is 7.96. The fraction of sp³-hybridized carbons (Fsp3) is 0.600. The van der Waals surface area contributed by atoms with Gasteiger partial charge in [-0.2, -0.15) is 0 Å². The molecule has 1 aromatic carbocycles. The minimum Gasteiger partial charge on any atom is -0.494 e. The number of ether oxygens (including phenoxy) is 2. The van der Waals surface area contributed by atoms with Crippen molar-refractivity contribution in [1.82, 2.24) is 24.0 Å². The largest absolute Gasteiger partial charge is 0.494 e. The molecule has 2 aromatic heterocycles. The Balaban J connectivity index is 1.84. The van der Waals surface area contributed by atoms with E-state index in [4.69, 9.17) is 20.2 Å². The second-order valence-corrected chi connectivity index (χ2v) is 10.5. The summed E-state index contributed by atoms with van der Waals surface area (Å²) in [6, 6.07) is 6.08. The molecule has 194 valence electrons. The van der Waals surface area contributed by atoms with Gasteiger partial charge in [-0.05, 0) is 58.3 Å². The first-order valence-electron chi connectivity index (χ1n) is 12.2. The quantitative estimate of drug-likeness (QED) is 0.175. The van der Waals surface area contributed by atoms with E-state index in [0.717, 1.165) is 59.4 Å². The smallest absolute Gasteiger partial charge is 0.152 e. The number of aromatic nitrogens is 3. The van der Waals surface area contributed by atoms with Crippen LogP contribution in [-0.4, -0.2) is 52.3 Å². The number of fused-ring (bicyclic) bond motifs is 3. The van der Waals surface area contributed by atoms with E-state index in [2.05, 4.69) is 45.2 Å². The Hall–Kier alpha value is -1.72. The van der Waals surface area contributed by atoms with E-state index in [0.29, 0.717) is 25.6 Å². The topological polar surface area (TPSA) is 99.2 Å². The van der Waals surface area contributed by atoms with Crippen molar-refractivity contribution in [2.45, 2.75) is 65.1 Å². The number of hydrogen-bond acceptors (Lipinski definition) is 9. The first kappa shape index (κ1) is 27.9. The summed E-state index contributed by atoms with van der Waals surface area (Å²) in [5, 5.41) is 1.01. The maximum atomic E-state index is 6.40.